The number of ether oxygens (including phenoxy) is 1. The van der Waals surface area contributed by atoms with Gasteiger partial charge in [-0.3, -0.25) is 4.79 Å². The molecule has 0 saturated heterocycles. The highest BCUT2D eigenvalue weighted by molar-refractivity contribution is 5.79. The Balaban J connectivity index is 2.03. The van der Waals surface area contributed by atoms with Gasteiger partial charge in [0, 0.05) is 12.0 Å². The molecule has 0 radical (unpaired) electrons. The predicted octanol–water partition coefficient (Wildman–Crippen LogP) is 3.14. The molecule has 1 aromatic rings. The van der Waals surface area contributed by atoms with E-state index in [1.807, 2.05) is 6.07 Å². The molecule has 98 valence electrons. The number of methoxy groups -OCH3 is 1. The van der Waals surface area contributed by atoms with Gasteiger partial charge in [0.2, 0.25) is 0 Å². The first-order valence-corrected chi connectivity index (χ1v) is 6.86. The normalized spacial score (nSPS) is 34.6. The molecule has 0 spiro atoms. The van der Waals surface area contributed by atoms with Crippen molar-refractivity contribution in [2.75, 3.05) is 7.11 Å². The standard InChI is InChI=1S/C15H20O3/c1-9-4-3-5-10-8-12-11(6-7-18-12)14(13(9)10)15(16)17-2/h6-7,9-10,13-14H,3-5,8H2,1-2H3/t9-,10-,13+,14+/m0/s1. The van der Waals surface area contributed by atoms with E-state index in [-0.39, 0.29) is 11.9 Å². The zero-order valence-electron chi connectivity index (χ0n) is 11.0. The van der Waals surface area contributed by atoms with E-state index in [1.165, 1.54) is 26.4 Å². The zero-order valence-corrected chi connectivity index (χ0v) is 11.0. The Morgan fingerprint density at radius 1 is 1.44 bits per heavy atom. The van der Waals surface area contributed by atoms with Crippen LogP contribution < -0.4 is 0 Å². The van der Waals surface area contributed by atoms with Crippen LogP contribution in [0.4, 0.5) is 0 Å². The van der Waals surface area contributed by atoms with Crippen LogP contribution in [0.1, 0.15) is 43.4 Å². The summed E-state index contributed by atoms with van der Waals surface area (Å²) < 4.78 is 10.6. The molecule has 0 aliphatic heterocycles. The van der Waals surface area contributed by atoms with Crippen LogP contribution in [0.25, 0.3) is 0 Å². The Kier molecular flexibility index (Phi) is 2.92. The number of hydrogen-bond acceptors (Lipinski definition) is 3. The zero-order chi connectivity index (χ0) is 12.7. The van der Waals surface area contributed by atoms with Gasteiger partial charge in [0.05, 0.1) is 19.3 Å². The number of carbonyl (C=O) groups excluding carboxylic acids is 1. The topological polar surface area (TPSA) is 39.4 Å². The Hall–Kier alpha value is -1.25. The highest BCUT2D eigenvalue weighted by atomic mass is 16.5. The summed E-state index contributed by atoms with van der Waals surface area (Å²) in [6.07, 6.45) is 6.41. The fourth-order valence-electron chi connectivity index (χ4n) is 4.04. The van der Waals surface area contributed by atoms with Crippen molar-refractivity contribution in [2.45, 2.75) is 38.5 Å². The molecular formula is C15H20O3. The van der Waals surface area contributed by atoms with Gasteiger partial charge in [0.15, 0.2) is 0 Å². The molecular weight excluding hydrogens is 228 g/mol. The molecule has 2 aliphatic rings. The van der Waals surface area contributed by atoms with Crippen molar-refractivity contribution < 1.29 is 13.9 Å². The summed E-state index contributed by atoms with van der Waals surface area (Å²) in [7, 11) is 1.49. The van der Waals surface area contributed by atoms with Crippen molar-refractivity contribution in [3.05, 3.63) is 23.7 Å². The molecule has 18 heavy (non-hydrogen) atoms. The quantitative estimate of drug-likeness (QED) is 0.717. The maximum atomic E-state index is 12.2. The van der Waals surface area contributed by atoms with Crippen molar-refractivity contribution in [1.82, 2.24) is 0 Å². The van der Waals surface area contributed by atoms with Crippen LogP contribution in [0, 0.1) is 17.8 Å². The van der Waals surface area contributed by atoms with Crippen LogP contribution in [0.2, 0.25) is 0 Å². The first-order valence-electron chi connectivity index (χ1n) is 6.86. The molecule has 3 nitrogen and oxygen atoms in total. The average molecular weight is 248 g/mol. The SMILES string of the molecule is COC(=O)[C@@H]1c2ccoc2C[C@@H]2CCC[C@H](C)[C@H]21. The molecule has 0 aromatic carbocycles. The van der Waals surface area contributed by atoms with Gasteiger partial charge < -0.3 is 9.15 Å². The third-order valence-corrected chi connectivity index (χ3v) is 4.84. The van der Waals surface area contributed by atoms with Crippen LogP contribution in [-0.2, 0) is 16.0 Å². The fraction of sp³-hybridized carbons (Fsp3) is 0.667. The monoisotopic (exact) mass is 248 g/mol. The molecule has 0 unspecified atom stereocenters. The van der Waals surface area contributed by atoms with Gasteiger partial charge in [0.1, 0.15) is 5.76 Å². The fourth-order valence-corrected chi connectivity index (χ4v) is 4.04. The maximum Gasteiger partial charge on any atom is 0.313 e. The smallest absolute Gasteiger partial charge is 0.313 e. The second kappa shape index (κ2) is 4.45. The van der Waals surface area contributed by atoms with Crippen LogP contribution in [-0.4, -0.2) is 13.1 Å². The molecule has 1 aromatic heterocycles. The highest BCUT2D eigenvalue weighted by Crippen LogP contribution is 2.49. The maximum absolute atomic E-state index is 12.2. The van der Waals surface area contributed by atoms with Crippen LogP contribution in [0.15, 0.2) is 16.7 Å². The number of furan rings is 1. The first-order chi connectivity index (χ1) is 8.72. The number of carbonyl (C=O) groups is 1. The van der Waals surface area contributed by atoms with Gasteiger partial charge in [-0.2, -0.15) is 0 Å². The van der Waals surface area contributed by atoms with Gasteiger partial charge in [-0.1, -0.05) is 19.8 Å². The minimum atomic E-state index is -0.113. The lowest BCUT2D eigenvalue weighted by molar-refractivity contribution is -0.146. The minimum absolute atomic E-state index is 0.0962. The number of fused-ring (bicyclic) bond motifs is 2. The number of hydrogen-bond donors (Lipinski definition) is 0. The third-order valence-electron chi connectivity index (χ3n) is 4.84. The lowest BCUT2D eigenvalue weighted by Gasteiger charge is -2.43. The average Bonchev–Trinajstić information content (AvgIpc) is 2.83. The van der Waals surface area contributed by atoms with Gasteiger partial charge in [-0.25, -0.2) is 0 Å². The van der Waals surface area contributed by atoms with E-state index in [2.05, 4.69) is 6.92 Å². The number of rotatable bonds is 1. The summed E-state index contributed by atoms with van der Waals surface area (Å²) in [5.41, 5.74) is 1.07. The summed E-state index contributed by atoms with van der Waals surface area (Å²) in [4.78, 5) is 12.2. The van der Waals surface area contributed by atoms with Crippen LogP contribution in [0.3, 0.4) is 0 Å². The van der Waals surface area contributed by atoms with E-state index >= 15 is 0 Å². The summed E-state index contributed by atoms with van der Waals surface area (Å²) in [5, 5.41) is 0. The van der Waals surface area contributed by atoms with Crippen LogP contribution >= 0.6 is 0 Å². The van der Waals surface area contributed by atoms with Gasteiger partial charge >= 0.3 is 5.97 Å². The van der Waals surface area contributed by atoms with E-state index in [0.717, 1.165) is 17.7 Å². The lowest BCUT2D eigenvalue weighted by Crippen LogP contribution is -2.40. The predicted molar refractivity (Wildman–Crippen MR) is 67.2 cm³/mol. The summed E-state index contributed by atoms with van der Waals surface area (Å²) >= 11 is 0. The van der Waals surface area contributed by atoms with Gasteiger partial charge in [-0.15, -0.1) is 0 Å². The first kappa shape index (κ1) is 11.8. The van der Waals surface area contributed by atoms with E-state index in [4.69, 9.17) is 9.15 Å². The molecule has 0 bridgehead atoms. The largest absolute Gasteiger partial charge is 0.469 e. The molecule has 4 atom stereocenters. The second-order valence-electron chi connectivity index (χ2n) is 5.75. The lowest BCUT2D eigenvalue weighted by atomic mass is 9.61. The summed E-state index contributed by atoms with van der Waals surface area (Å²) in [5.74, 6) is 2.39. The third kappa shape index (κ3) is 1.68. The molecule has 3 heteroatoms. The highest BCUT2D eigenvalue weighted by Gasteiger charge is 2.46. The van der Waals surface area contributed by atoms with Gasteiger partial charge in [0.25, 0.3) is 0 Å². The Bertz CT molecular complexity index is 448. The van der Waals surface area contributed by atoms with Crippen LogP contribution in [0.5, 0.6) is 0 Å². The van der Waals surface area contributed by atoms with E-state index in [0.29, 0.717) is 17.8 Å². The Labute approximate surface area is 108 Å². The molecule has 0 N–H and O–H groups in total. The Morgan fingerprint density at radius 2 is 2.28 bits per heavy atom. The van der Waals surface area contributed by atoms with Crippen molar-refractivity contribution >= 4 is 5.97 Å². The number of esters is 1. The van der Waals surface area contributed by atoms with Gasteiger partial charge in [-0.05, 0) is 30.2 Å². The van der Waals surface area contributed by atoms with E-state index in [1.54, 1.807) is 6.26 Å². The summed E-state index contributed by atoms with van der Waals surface area (Å²) in [6, 6.07) is 1.95. The molecule has 0 amide bonds. The second-order valence-corrected chi connectivity index (χ2v) is 5.75. The molecule has 1 heterocycles. The van der Waals surface area contributed by atoms with E-state index in [9.17, 15) is 4.79 Å². The summed E-state index contributed by atoms with van der Waals surface area (Å²) in [6.45, 7) is 2.28. The molecule has 3 rings (SSSR count). The molecule has 1 saturated carbocycles. The van der Waals surface area contributed by atoms with E-state index < -0.39 is 0 Å². The molecule has 1 fully saturated rings. The van der Waals surface area contributed by atoms with Crippen molar-refractivity contribution in [2.24, 2.45) is 17.8 Å². The Morgan fingerprint density at radius 3 is 3.06 bits per heavy atom. The van der Waals surface area contributed by atoms with Crippen molar-refractivity contribution in [3.63, 3.8) is 0 Å². The molecule has 2 aliphatic carbocycles. The van der Waals surface area contributed by atoms with Crippen molar-refractivity contribution in [3.8, 4) is 0 Å². The minimum Gasteiger partial charge on any atom is -0.469 e. The van der Waals surface area contributed by atoms with Crippen molar-refractivity contribution in [1.29, 1.82) is 0 Å².